The number of halogens is 1. The SMILES string of the molecule is CCCOc1ccc(CNC(=NC)NC2CCCC(C(=O)NC3CC3)C2)cn1.I. The Bertz CT molecular complexity index is 664. The average Bonchev–Trinajstić information content (AvgIpc) is 3.54. The van der Waals surface area contributed by atoms with Crippen LogP contribution in [-0.4, -0.2) is 42.6 Å². The van der Waals surface area contributed by atoms with Gasteiger partial charge in [0.05, 0.1) is 6.61 Å². The van der Waals surface area contributed by atoms with Gasteiger partial charge in [-0.2, -0.15) is 0 Å². The van der Waals surface area contributed by atoms with Gasteiger partial charge in [0.25, 0.3) is 0 Å². The van der Waals surface area contributed by atoms with Crippen LogP contribution in [0.5, 0.6) is 5.88 Å². The number of aromatic nitrogens is 1. The smallest absolute Gasteiger partial charge is 0.223 e. The second-order valence-electron chi connectivity index (χ2n) is 7.77. The van der Waals surface area contributed by atoms with Gasteiger partial charge in [-0.15, -0.1) is 24.0 Å². The third-order valence-corrected chi connectivity index (χ3v) is 5.24. The van der Waals surface area contributed by atoms with Crippen molar-refractivity contribution < 1.29 is 9.53 Å². The number of amides is 1. The van der Waals surface area contributed by atoms with Gasteiger partial charge < -0.3 is 20.7 Å². The molecule has 3 rings (SSSR count). The van der Waals surface area contributed by atoms with E-state index in [9.17, 15) is 4.79 Å². The Morgan fingerprint density at radius 2 is 2.03 bits per heavy atom. The van der Waals surface area contributed by atoms with E-state index in [4.69, 9.17) is 4.74 Å². The molecule has 0 saturated heterocycles. The number of carbonyl (C=O) groups excluding carboxylic acids is 1. The minimum atomic E-state index is 0. The molecule has 2 saturated carbocycles. The van der Waals surface area contributed by atoms with Crippen LogP contribution < -0.4 is 20.7 Å². The van der Waals surface area contributed by atoms with Crippen LogP contribution >= 0.6 is 24.0 Å². The lowest BCUT2D eigenvalue weighted by Gasteiger charge is -2.30. The normalized spacial score (nSPS) is 21.7. The number of guanidine groups is 1. The topological polar surface area (TPSA) is 87.6 Å². The molecule has 1 heterocycles. The summed E-state index contributed by atoms with van der Waals surface area (Å²) in [5.74, 6) is 1.77. The highest BCUT2D eigenvalue weighted by Gasteiger charge is 2.31. The Balaban J connectivity index is 0.00000300. The van der Waals surface area contributed by atoms with Crippen LogP contribution in [0.15, 0.2) is 23.3 Å². The van der Waals surface area contributed by atoms with Crippen LogP contribution in [0.25, 0.3) is 0 Å². The zero-order valence-electron chi connectivity index (χ0n) is 17.4. The van der Waals surface area contributed by atoms with Gasteiger partial charge in [0, 0.05) is 43.9 Å². The molecular formula is C21H34IN5O2. The van der Waals surface area contributed by atoms with Crippen molar-refractivity contribution in [2.45, 2.75) is 70.5 Å². The van der Waals surface area contributed by atoms with Crippen molar-refractivity contribution in [1.82, 2.24) is 20.9 Å². The van der Waals surface area contributed by atoms with Crippen molar-refractivity contribution >= 4 is 35.8 Å². The standard InChI is InChI=1S/C21H33N5O2.HI/c1-3-11-28-19-10-7-15(13-23-19)14-24-21(22-2)26-18-6-4-5-16(12-18)20(27)25-17-8-9-17;/h7,10,13,16-18H,3-6,8-9,11-12,14H2,1-2H3,(H,25,27)(H2,22,24,26);1H. The number of rotatable bonds is 8. The number of aliphatic imine (C=N–C) groups is 1. The molecule has 3 N–H and O–H groups in total. The molecule has 2 fully saturated rings. The molecule has 162 valence electrons. The molecule has 0 bridgehead atoms. The lowest BCUT2D eigenvalue weighted by molar-refractivity contribution is -0.126. The van der Waals surface area contributed by atoms with E-state index in [1.165, 1.54) is 0 Å². The summed E-state index contributed by atoms with van der Waals surface area (Å²) in [7, 11) is 1.77. The lowest BCUT2D eigenvalue weighted by Crippen LogP contribution is -2.47. The third kappa shape index (κ3) is 7.98. The van der Waals surface area contributed by atoms with Gasteiger partial charge in [-0.25, -0.2) is 4.98 Å². The molecule has 1 amide bonds. The van der Waals surface area contributed by atoms with Crippen LogP contribution in [0.3, 0.4) is 0 Å². The van der Waals surface area contributed by atoms with Crippen LogP contribution in [0.4, 0.5) is 0 Å². The number of nitrogens with one attached hydrogen (secondary N) is 3. The zero-order chi connectivity index (χ0) is 19.8. The fourth-order valence-corrected chi connectivity index (χ4v) is 3.49. The maximum Gasteiger partial charge on any atom is 0.223 e. The van der Waals surface area contributed by atoms with Gasteiger partial charge >= 0.3 is 0 Å². The summed E-state index contributed by atoms with van der Waals surface area (Å²) in [6, 6.07) is 4.62. The number of ether oxygens (including phenoxy) is 1. The summed E-state index contributed by atoms with van der Waals surface area (Å²) in [6.45, 7) is 3.40. The van der Waals surface area contributed by atoms with Crippen molar-refractivity contribution in [3.8, 4) is 5.88 Å². The van der Waals surface area contributed by atoms with Gasteiger partial charge in [-0.1, -0.05) is 19.4 Å². The number of hydrogen-bond donors (Lipinski definition) is 3. The maximum absolute atomic E-state index is 12.4. The van der Waals surface area contributed by atoms with E-state index >= 15 is 0 Å². The first-order chi connectivity index (χ1) is 13.7. The largest absolute Gasteiger partial charge is 0.478 e. The van der Waals surface area contributed by atoms with Gasteiger partial charge in [0.2, 0.25) is 11.8 Å². The maximum atomic E-state index is 12.4. The van der Waals surface area contributed by atoms with Crippen LogP contribution in [0, 0.1) is 5.92 Å². The first-order valence-corrected chi connectivity index (χ1v) is 10.5. The minimum Gasteiger partial charge on any atom is -0.478 e. The molecule has 2 aliphatic rings. The van der Waals surface area contributed by atoms with Crippen molar-refractivity contribution in [3.63, 3.8) is 0 Å². The Labute approximate surface area is 190 Å². The highest BCUT2D eigenvalue weighted by molar-refractivity contribution is 14.0. The summed E-state index contributed by atoms with van der Waals surface area (Å²) in [4.78, 5) is 21.0. The van der Waals surface area contributed by atoms with Crippen LogP contribution in [-0.2, 0) is 11.3 Å². The molecule has 2 aliphatic carbocycles. The van der Waals surface area contributed by atoms with Gasteiger partial charge in [-0.05, 0) is 44.1 Å². The van der Waals surface area contributed by atoms with Gasteiger partial charge in [0.1, 0.15) is 0 Å². The first-order valence-electron chi connectivity index (χ1n) is 10.5. The summed E-state index contributed by atoms with van der Waals surface area (Å²) in [5, 5.41) is 9.97. The summed E-state index contributed by atoms with van der Waals surface area (Å²) in [5.41, 5.74) is 1.07. The lowest BCUT2D eigenvalue weighted by atomic mass is 9.85. The first kappa shape index (κ1) is 23.7. The van der Waals surface area contributed by atoms with Crippen LogP contribution in [0.2, 0.25) is 0 Å². The zero-order valence-corrected chi connectivity index (χ0v) is 19.8. The van der Waals surface area contributed by atoms with Crippen molar-refractivity contribution in [2.24, 2.45) is 10.9 Å². The Morgan fingerprint density at radius 3 is 2.69 bits per heavy atom. The van der Waals surface area contributed by atoms with E-state index in [1.807, 2.05) is 18.3 Å². The van der Waals surface area contributed by atoms with E-state index in [2.05, 4.69) is 32.9 Å². The van der Waals surface area contributed by atoms with E-state index in [1.54, 1.807) is 7.05 Å². The Morgan fingerprint density at radius 1 is 1.21 bits per heavy atom. The number of nitrogens with zero attached hydrogens (tertiary/aromatic N) is 2. The molecule has 0 spiro atoms. The number of carbonyl (C=O) groups is 1. The predicted octanol–water partition coefficient (Wildman–Crippen LogP) is 2.99. The monoisotopic (exact) mass is 515 g/mol. The molecule has 0 aromatic carbocycles. The molecule has 1 aromatic heterocycles. The van der Waals surface area contributed by atoms with Gasteiger partial charge in [0.15, 0.2) is 5.96 Å². The van der Waals surface area contributed by atoms with Crippen molar-refractivity contribution in [2.75, 3.05) is 13.7 Å². The molecule has 7 nitrogen and oxygen atoms in total. The third-order valence-electron chi connectivity index (χ3n) is 5.24. The fraction of sp³-hybridized carbons (Fsp3) is 0.667. The van der Waals surface area contributed by atoms with E-state index in [0.717, 1.165) is 56.5 Å². The van der Waals surface area contributed by atoms with E-state index in [-0.39, 0.29) is 41.8 Å². The molecule has 1 aromatic rings. The second-order valence-corrected chi connectivity index (χ2v) is 7.77. The Kier molecular flexibility index (Phi) is 9.96. The average molecular weight is 515 g/mol. The molecule has 0 radical (unpaired) electrons. The fourth-order valence-electron chi connectivity index (χ4n) is 3.49. The quantitative estimate of drug-likeness (QED) is 0.282. The molecule has 8 heteroatoms. The van der Waals surface area contributed by atoms with Crippen LogP contribution in [0.1, 0.15) is 57.4 Å². The van der Waals surface area contributed by atoms with E-state index in [0.29, 0.717) is 25.1 Å². The molecule has 2 atom stereocenters. The molecular weight excluding hydrogens is 481 g/mol. The number of pyridine rings is 1. The highest BCUT2D eigenvalue weighted by atomic mass is 127. The summed E-state index contributed by atoms with van der Waals surface area (Å²) < 4.78 is 5.51. The molecule has 2 unspecified atom stereocenters. The van der Waals surface area contributed by atoms with Crippen molar-refractivity contribution in [3.05, 3.63) is 23.9 Å². The Hall–Kier alpha value is -1.58. The minimum absolute atomic E-state index is 0. The molecule has 29 heavy (non-hydrogen) atoms. The predicted molar refractivity (Wildman–Crippen MR) is 126 cm³/mol. The number of hydrogen-bond acceptors (Lipinski definition) is 4. The summed E-state index contributed by atoms with van der Waals surface area (Å²) >= 11 is 0. The van der Waals surface area contributed by atoms with E-state index < -0.39 is 0 Å². The second kappa shape index (κ2) is 12.2. The van der Waals surface area contributed by atoms with Crippen molar-refractivity contribution in [1.29, 1.82) is 0 Å². The van der Waals surface area contributed by atoms with Gasteiger partial charge in [-0.3, -0.25) is 9.79 Å². The molecule has 0 aliphatic heterocycles. The summed E-state index contributed by atoms with van der Waals surface area (Å²) in [6.07, 6.45) is 9.06. The highest BCUT2D eigenvalue weighted by Crippen LogP contribution is 2.26.